The summed E-state index contributed by atoms with van der Waals surface area (Å²) < 4.78 is 7.55. The summed E-state index contributed by atoms with van der Waals surface area (Å²) in [5.41, 5.74) is 11.0. The average Bonchev–Trinajstić information content (AvgIpc) is 3.73. The molecule has 0 amide bonds. The third-order valence-electron chi connectivity index (χ3n) is 9.95. The van der Waals surface area contributed by atoms with E-state index in [4.69, 9.17) is 0 Å². The van der Waals surface area contributed by atoms with Gasteiger partial charge in [0.25, 0.3) is 0 Å². The van der Waals surface area contributed by atoms with E-state index < -0.39 is 0 Å². The van der Waals surface area contributed by atoms with Gasteiger partial charge in [-0.15, -0.1) is 0 Å². The molecule has 0 saturated carbocycles. The van der Waals surface area contributed by atoms with Gasteiger partial charge >= 0.3 is 0 Å². The Balaban J connectivity index is 1.56. The van der Waals surface area contributed by atoms with Crippen LogP contribution in [0.15, 0.2) is 152 Å². The standard InChI is InChI=1S/C42H25N3/c1-7-19-33-26(13-1)27-14-2-8-20-34(27)43(33)39-25-32-30-17-5-11-23-37(30)44-35-21-9-3-15-28(35)29-16-4-10-22-36(29)45-38-24-12-6-18-31(38)40(39)42(45)41(32)44/h1-25H. The van der Waals surface area contributed by atoms with Crippen molar-refractivity contribution in [1.29, 1.82) is 0 Å². The lowest BCUT2D eigenvalue weighted by Crippen LogP contribution is -1.98. The van der Waals surface area contributed by atoms with Gasteiger partial charge in [-0.25, -0.2) is 0 Å². The van der Waals surface area contributed by atoms with Gasteiger partial charge in [0.1, 0.15) is 0 Å². The zero-order valence-electron chi connectivity index (χ0n) is 24.3. The maximum Gasteiger partial charge on any atom is 0.0810 e. The number of benzene rings is 7. The van der Waals surface area contributed by atoms with Gasteiger partial charge in [0.05, 0.1) is 49.8 Å². The Morgan fingerprint density at radius 3 is 1.11 bits per heavy atom. The number of aromatic nitrogens is 3. The van der Waals surface area contributed by atoms with E-state index >= 15 is 0 Å². The lowest BCUT2D eigenvalue weighted by molar-refractivity contribution is 1.20. The van der Waals surface area contributed by atoms with Crippen LogP contribution in [0.2, 0.25) is 0 Å². The van der Waals surface area contributed by atoms with E-state index in [1.807, 2.05) is 0 Å². The number of hydrogen-bond donors (Lipinski definition) is 0. The van der Waals surface area contributed by atoms with Gasteiger partial charge in [-0.2, -0.15) is 0 Å². The highest BCUT2D eigenvalue weighted by Crippen LogP contribution is 2.45. The lowest BCUT2D eigenvalue weighted by Gasteiger charge is -2.14. The van der Waals surface area contributed by atoms with E-state index in [1.165, 1.54) is 92.9 Å². The highest BCUT2D eigenvalue weighted by atomic mass is 15.0. The van der Waals surface area contributed by atoms with Gasteiger partial charge in [0, 0.05) is 43.1 Å². The molecule has 3 nitrogen and oxygen atoms in total. The largest absolute Gasteiger partial charge is 0.309 e. The van der Waals surface area contributed by atoms with Crippen LogP contribution in [-0.4, -0.2) is 13.4 Å². The van der Waals surface area contributed by atoms with Gasteiger partial charge in [0.15, 0.2) is 0 Å². The SMILES string of the molecule is c1ccc2c(c1)c1ccccc1n2-c1cc2c3ccccc3n3c4ccccc4c4ccccc4n4c5ccccc5c1c4c23. The first-order valence-corrected chi connectivity index (χ1v) is 15.6. The van der Waals surface area contributed by atoms with Gasteiger partial charge in [-0.1, -0.05) is 109 Å². The molecule has 0 bridgehead atoms. The van der Waals surface area contributed by atoms with E-state index in [-0.39, 0.29) is 0 Å². The summed E-state index contributed by atoms with van der Waals surface area (Å²) in [6.45, 7) is 0. The van der Waals surface area contributed by atoms with Crippen molar-refractivity contribution in [3.63, 3.8) is 0 Å². The summed E-state index contributed by atoms with van der Waals surface area (Å²) in [4.78, 5) is 0. The minimum Gasteiger partial charge on any atom is -0.309 e. The smallest absolute Gasteiger partial charge is 0.0810 e. The molecule has 11 aromatic rings. The van der Waals surface area contributed by atoms with Crippen molar-refractivity contribution in [3.8, 4) is 5.69 Å². The average molecular weight is 572 g/mol. The summed E-state index contributed by atoms with van der Waals surface area (Å²) in [6.07, 6.45) is 0. The van der Waals surface area contributed by atoms with Crippen LogP contribution in [0.4, 0.5) is 0 Å². The molecule has 0 N–H and O–H groups in total. The first kappa shape index (κ1) is 23.4. The lowest BCUT2D eigenvalue weighted by atomic mass is 10.1. The quantitative estimate of drug-likeness (QED) is 0.186. The fourth-order valence-corrected chi connectivity index (χ4v) is 8.23. The van der Waals surface area contributed by atoms with Crippen molar-refractivity contribution >= 4 is 87.2 Å². The normalized spacial score (nSPS) is 12.4. The molecule has 0 saturated heterocycles. The molecule has 11 rings (SSSR count). The minimum atomic E-state index is 1.20. The second-order valence-corrected chi connectivity index (χ2v) is 12.1. The summed E-state index contributed by atoms with van der Waals surface area (Å²) in [5, 5.41) is 10.0. The van der Waals surface area contributed by atoms with Crippen LogP contribution in [0.5, 0.6) is 0 Å². The second kappa shape index (κ2) is 8.31. The molecule has 0 aliphatic carbocycles. The Morgan fingerprint density at radius 1 is 0.289 bits per heavy atom. The van der Waals surface area contributed by atoms with Crippen molar-refractivity contribution in [1.82, 2.24) is 13.4 Å². The maximum absolute atomic E-state index is 2.53. The van der Waals surface area contributed by atoms with Crippen LogP contribution in [0, 0.1) is 0 Å². The number of nitrogens with zero attached hydrogens (tertiary/aromatic N) is 3. The maximum atomic E-state index is 2.53. The molecule has 3 heteroatoms. The van der Waals surface area contributed by atoms with Crippen LogP contribution in [0.3, 0.4) is 0 Å². The predicted molar refractivity (Wildman–Crippen MR) is 190 cm³/mol. The van der Waals surface area contributed by atoms with Crippen LogP contribution < -0.4 is 0 Å². The number of rotatable bonds is 1. The molecule has 7 aromatic carbocycles. The van der Waals surface area contributed by atoms with E-state index in [0.29, 0.717) is 0 Å². The van der Waals surface area contributed by atoms with E-state index in [1.54, 1.807) is 0 Å². The molecule has 0 unspecified atom stereocenters. The number of fused-ring (bicyclic) bond motifs is 14. The molecule has 208 valence electrons. The monoisotopic (exact) mass is 571 g/mol. The van der Waals surface area contributed by atoms with E-state index in [2.05, 4.69) is 165 Å². The van der Waals surface area contributed by atoms with Crippen molar-refractivity contribution < 1.29 is 0 Å². The fraction of sp³-hybridized carbons (Fsp3) is 0. The second-order valence-electron chi connectivity index (χ2n) is 12.1. The number of para-hydroxylation sites is 6. The first-order chi connectivity index (χ1) is 22.4. The van der Waals surface area contributed by atoms with Crippen molar-refractivity contribution in [3.05, 3.63) is 152 Å². The molecule has 0 spiro atoms. The molecular formula is C42H25N3. The van der Waals surface area contributed by atoms with Crippen LogP contribution in [0.25, 0.3) is 92.9 Å². The molecule has 0 atom stereocenters. The van der Waals surface area contributed by atoms with Crippen LogP contribution in [-0.2, 0) is 0 Å². The van der Waals surface area contributed by atoms with E-state index in [9.17, 15) is 0 Å². The first-order valence-electron chi connectivity index (χ1n) is 15.6. The predicted octanol–water partition coefficient (Wildman–Crippen LogP) is 11.1. The summed E-state index contributed by atoms with van der Waals surface area (Å²) in [6, 6.07) is 55.8. The van der Waals surface area contributed by atoms with Crippen molar-refractivity contribution in [2.45, 2.75) is 0 Å². The molecule has 0 aliphatic heterocycles. The number of hydrogen-bond acceptors (Lipinski definition) is 0. The van der Waals surface area contributed by atoms with Gasteiger partial charge in [-0.05, 0) is 42.5 Å². The van der Waals surface area contributed by atoms with Crippen molar-refractivity contribution in [2.75, 3.05) is 0 Å². The topological polar surface area (TPSA) is 13.8 Å². The van der Waals surface area contributed by atoms with Crippen LogP contribution in [0.1, 0.15) is 0 Å². The minimum absolute atomic E-state index is 1.20. The van der Waals surface area contributed by atoms with E-state index in [0.717, 1.165) is 0 Å². The Kier molecular flexibility index (Phi) is 4.32. The third-order valence-corrected chi connectivity index (χ3v) is 9.95. The Labute approximate surface area is 257 Å². The molecule has 4 heterocycles. The summed E-state index contributed by atoms with van der Waals surface area (Å²) >= 11 is 0. The van der Waals surface area contributed by atoms with Crippen molar-refractivity contribution in [2.24, 2.45) is 0 Å². The molecule has 0 fully saturated rings. The molecule has 4 aromatic heterocycles. The Bertz CT molecular complexity index is 2990. The zero-order chi connectivity index (χ0) is 29.2. The Morgan fingerprint density at radius 2 is 0.622 bits per heavy atom. The summed E-state index contributed by atoms with van der Waals surface area (Å²) in [5.74, 6) is 0. The highest BCUT2D eigenvalue weighted by molar-refractivity contribution is 6.28. The molecule has 45 heavy (non-hydrogen) atoms. The Hall–Kier alpha value is -6.06. The molecule has 0 radical (unpaired) electrons. The van der Waals surface area contributed by atoms with Gasteiger partial charge in [0.2, 0.25) is 0 Å². The zero-order valence-corrected chi connectivity index (χ0v) is 24.3. The fourth-order valence-electron chi connectivity index (χ4n) is 8.23. The molecular weight excluding hydrogens is 546 g/mol. The highest BCUT2D eigenvalue weighted by Gasteiger charge is 2.24. The van der Waals surface area contributed by atoms with Crippen LogP contribution >= 0.6 is 0 Å². The van der Waals surface area contributed by atoms with Gasteiger partial charge < -0.3 is 13.4 Å². The molecule has 0 aliphatic rings. The summed E-state index contributed by atoms with van der Waals surface area (Å²) in [7, 11) is 0. The van der Waals surface area contributed by atoms with Gasteiger partial charge in [-0.3, -0.25) is 0 Å². The third kappa shape index (κ3) is 2.82.